The summed E-state index contributed by atoms with van der Waals surface area (Å²) in [5.74, 6) is 1.02. The highest BCUT2D eigenvalue weighted by Gasteiger charge is 2.08. The molecule has 68 valence electrons. The van der Waals surface area contributed by atoms with Gasteiger partial charge in [0.25, 0.3) is 0 Å². The van der Waals surface area contributed by atoms with Gasteiger partial charge in [0.05, 0.1) is 6.10 Å². The maximum atomic E-state index is 9.23. The lowest BCUT2D eigenvalue weighted by molar-refractivity contribution is 0.196. The van der Waals surface area contributed by atoms with Gasteiger partial charge in [-0.15, -0.1) is 11.3 Å². The van der Waals surface area contributed by atoms with Crippen LogP contribution in [0.1, 0.15) is 18.7 Å². The van der Waals surface area contributed by atoms with Gasteiger partial charge >= 0.3 is 0 Å². The highest BCUT2D eigenvalue weighted by atomic mass is 32.2. The molecule has 0 aromatic carbocycles. The van der Waals surface area contributed by atoms with Crippen molar-refractivity contribution >= 4 is 23.1 Å². The smallest absolute Gasteiger partial charge is 0.0628 e. The summed E-state index contributed by atoms with van der Waals surface area (Å²) in [6.07, 6.45) is -0.213. The average molecular weight is 202 g/mol. The number of aliphatic hydroxyl groups excluding tert-OH is 1. The highest BCUT2D eigenvalue weighted by molar-refractivity contribution is 7.99. The maximum absolute atomic E-state index is 9.23. The average Bonchev–Trinajstić information content (AvgIpc) is 2.51. The van der Waals surface area contributed by atoms with Gasteiger partial charge in [-0.25, -0.2) is 0 Å². The Morgan fingerprint density at radius 3 is 2.83 bits per heavy atom. The molecule has 1 N–H and O–H groups in total. The summed E-state index contributed by atoms with van der Waals surface area (Å²) in [5.41, 5.74) is 0. The Bertz CT molecular complexity index is 206. The molecule has 0 aliphatic rings. The Balaban J connectivity index is 2.27. The summed E-state index contributed by atoms with van der Waals surface area (Å²) in [5, 5.41) is 11.6. The van der Waals surface area contributed by atoms with E-state index in [4.69, 9.17) is 0 Å². The summed E-state index contributed by atoms with van der Waals surface area (Å²) in [4.78, 5) is 1.38. The fraction of sp³-hybridized carbons (Fsp3) is 0.556. The molecule has 0 aliphatic heterocycles. The molecular formula is C9H14OS2. The fourth-order valence-electron chi connectivity index (χ4n) is 0.748. The third-order valence-electron chi connectivity index (χ3n) is 1.75. The van der Waals surface area contributed by atoms with E-state index >= 15 is 0 Å². The van der Waals surface area contributed by atoms with Crippen LogP contribution in [0.15, 0.2) is 17.5 Å². The zero-order chi connectivity index (χ0) is 8.97. The molecule has 0 fully saturated rings. The summed E-state index contributed by atoms with van der Waals surface area (Å²) in [7, 11) is 0. The zero-order valence-corrected chi connectivity index (χ0v) is 8.99. The minimum absolute atomic E-state index is 0.213. The third kappa shape index (κ3) is 3.17. The number of hydrogen-bond donors (Lipinski definition) is 1. The van der Waals surface area contributed by atoms with Gasteiger partial charge in [-0.1, -0.05) is 13.0 Å². The molecule has 1 aromatic heterocycles. The molecule has 0 aliphatic carbocycles. The zero-order valence-electron chi connectivity index (χ0n) is 7.36. The molecule has 1 aromatic rings. The minimum Gasteiger partial charge on any atom is -0.392 e. The summed E-state index contributed by atoms with van der Waals surface area (Å²) < 4.78 is 0. The summed E-state index contributed by atoms with van der Waals surface area (Å²) in [6, 6.07) is 4.19. The molecule has 0 spiro atoms. The lowest BCUT2D eigenvalue weighted by atomic mass is 10.3. The van der Waals surface area contributed by atoms with Gasteiger partial charge in [0.1, 0.15) is 0 Å². The molecular weight excluding hydrogens is 188 g/mol. The van der Waals surface area contributed by atoms with Gasteiger partial charge in [-0.05, 0) is 18.4 Å². The molecule has 3 heteroatoms. The Labute approximate surface area is 81.8 Å². The third-order valence-corrected chi connectivity index (χ3v) is 4.20. The Hall–Kier alpha value is 0.01000. The lowest BCUT2D eigenvalue weighted by Gasteiger charge is -2.12. The number of thioether (sulfide) groups is 1. The van der Waals surface area contributed by atoms with Crippen LogP contribution in [0.2, 0.25) is 0 Å². The van der Waals surface area contributed by atoms with Crippen molar-refractivity contribution in [2.24, 2.45) is 0 Å². The molecule has 2 unspecified atom stereocenters. The number of hydrogen-bond acceptors (Lipinski definition) is 3. The first-order valence-corrected chi connectivity index (χ1v) is 5.95. The van der Waals surface area contributed by atoms with E-state index in [1.165, 1.54) is 4.88 Å². The second-order valence-electron chi connectivity index (χ2n) is 2.84. The molecule has 2 atom stereocenters. The fourth-order valence-corrected chi connectivity index (χ4v) is 2.51. The predicted molar refractivity (Wildman–Crippen MR) is 56.8 cm³/mol. The molecule has 12 heavy (non-hydrogen) atoms. The van der Waals surface area contributed by atoms with Gasteiger partial charge in [-0.3, -0.25) is 0 Å². The summed E-state index contributed by atoms with van der Waals surface area (Å²) in [6.45, 7) is 3.90. The first-order chi connectivity index (χ1) is 5.70. The summed E-state index contributed by atoms with van der Waals surface area (Å²) >= 11 is 3.58. The van der Waals surface area contributed by atoms with E-state index in [1.54, 1.807) is 23.1 Å². The van der Waals surface area contributed by atoms with Gasteiger partial charge < -0.3 is 5.11 Å². The van der Waals surface area contributed by atoms with Crippen LogP contribution in [0, 0.1) is 0 Å². The van der Waals surface area contributed by atoms with Crippen molar-refractivity contribution in [1.29, 1.82) is 0 Å². The van der Waals surface area contributed by atoms with E-state index in [0.717, 1.165) is 5.75 Å². The van der Waals surface area contributed by atoms with Crippen molar-refractivity contribution in [1.82, 2.24) is 0 Å². The Morgan fingerprint density at radius 2 is 2.33 bits per heavy atom. The molecule has 0 saturated carbocycles. The topological polar surface area (TPSA) is 20.2 Å². The van der Waals surface area contributed by atoms with E-state index in [0.29, 0.717) is 5.25 Å². The van der Waals surface area contributed by atoms with Crippen LogP contribution in [0.4, 0.5) is 0 Å². The predicted octanol–water partition coefficient (Wildman–Crippen LogP) is 2.75. The van der Waals surface area contributed by atoms with Gasteiger partial charge in [0.2, 0.25) is 0 Å². The molecule has 0 radical (unpaired) electrons. The van der Waals surface area contributed by atoms with Crippen LogP contribution < -0.4 is 0 Å². The first-order valence-electron chi connectivity index (χ1n) is 4.02. The SMILES string of the molecule is CC(O)C(C)SCc1cccs1. The van der Waals surface area contributed by atoms with Crippen molar-refractivity contribution in [3.05, 3.63) is 22.4 Å². The van der Waals surface area contributed by atoms with Crippen LogP contribution in [0.25, 0.3) is 0 Å². The Kier molecular flexibility index (Phi) is 4.12. The van der Waals surface area contributed by atoms with E-state index < -0.39 is 0 Å². The quantitative estimate of drug-likeness (QED) is 0.810. The molecule has 1 heterocycles. The van der Waals surface area contributed by atoms with Crippen LogP contribution >= 0.6 is 23.1 Å². The maximum Gasteiger partial charge on any atom is 0.0628 e. The largest absolute Gasteiger partial charge is 0.392 e. The highest BCUT2D eigenvalue weighted by Crippen LogP contribution is 2.22. The van der Waals surface area contributed by atoms with Crippen molar-refractivity contribution in [2.45, 2.75) is 31.0 Å². The second-order valence-corrected chi connectivity index (χ2v) is 5.23. The van der Waals surface area contributed by atoms with Crippen LogP contribution in [0.3, 0.4) is 0 Å². The van der Waals surface area contributed by atoms with Gasteiger partial charge in [0.15, 0.2) is 0 Å². The number of rotatable bonds is 4. The monoisotopic (exact) mass is 202 g/mol. The molecule has 0 bridgehead atoms. The van der Waals surface area contributed by atoms with Gasteiger partial charge in [0, 0.05) is 15.9 Å². The number of thiophene rings is 1. The molecule has 1 nitrogen and oxygen atoms in total. The van der Waals surface area contributed by atoms with E-state index in [9.17, 15) is 5.11 Å². The van der Waals surface area contributed by atoms with E-state index in [2.05, 4.69) is 24.4 Å². The van der Waals surface area contributed by atoms with Crippen molar-refractivity contribution in [2.75, 3.05) is 0 Å². The molecule has 0 amide bonds. The first kappa shape index (κ1) is 10.1. The molecule has 0 saturated heterocycles. The van der Waals surface area contributed by atoms with E-state index in [-0.39, 0.29) is 6.10 Å². The van der Waals surface area contributed by atoms with Crippen molar-refractivity contribution < 1.29 is 5.11 Å². The van der Waals surface area contributed by atoms with E-state index in [1.807, 2.05) is 6.92 Å². The van der Waals surface area contributed by atoms with Crippen LogP contribution in [-0.4, -0.2) is 16.5 Å². The van der Waals surface area contributed by atoms with Crippen LogP contribution in [0.5, 0.6) is 0 Å². The van der Waals surface area contributed by atoms with Gasteiger partial charge in [-0.2, -0.15) is 11.8 Å². The number of aliphatic hydroxyl groups is 1. The van der Waals surface area contributed by atoms with Crippen molar-refractivity contribution in [3.63, 3.8) is 0 Å². The lowest BCUT2D eigenvalue weighted by Crippen LogP contribution is -2.15. The minimum atomic E-state index is -0.213. The van der Waals surface area contributed by atoms with Crippen molar-refractivity contribution in [3.8, 4) is 0 Å². The second kappa shape index (κ2) is 4.90. The Morgan fingerprint density at radius 1 is 1.58 bits per heavy atom. The molecule has 1 rings (SSSR count). The standard InChI is InChI=1S/C9H14OS2/c1-7(10)8(2)12-6-9-4-3-5-11-9/h3-5,7-8,10H,6H2,1-2H3. The normalized spacial score (nSPS) is 15.9. The van der Waals surface area contributed by atoms with Crippen LogP contribution in [-0.2, 0) is 5.75 Å².